The summed E-state index contributed by atoms with van der Waals surface area (Å²) in [7, 11) is -0.708. The minimum Gasteiger partial charge on any atom is -0.323 e. The first-order chi connectivity index (χ1) is 25.2. The summed E-state index contributed by atoms with van der Waals surface area (Å²) in [5.41, 5.74) is -2.86. The summed E-state index contributed by atoms with van der Waals surface area (Å²) in [6.07, 6.45) is -9.45. The number of thioether (sulfide) groups is 1. The molecule has 0 saturated heterocycles. The lowest BCUT2D eigenvalue weighted by Gasteiger charge is -2.09. The van der Waals surface area contributed by atoms with Crippen LogP contribution in [0.3, 0.4) is 0 Å². The summed E-state index contributed by atoms with van der Waals surface area (Å²) in [6, 6.07) is 10.8. The van der Waals surface area contributed by atoms with Crippen LogP contribution < -0.4 is 0 Å². The van der Waals surface area contributed by atoms with E-state index in [0.29, 0.717) is 17.6 Å². The summed E-state index contributed by atoms with van der Waals surface area (Å²) in [5, 5.41) is 18.7. The molecule has 0 unspecified atom stereocenters. The number of sulfone groups is 1. The number of aromatic nitrogens is 8. The number of hydrogen-bond acceptors (Lipinski definition) is 11. The van der Waals surface area contributed by atoms with Crippen molar-refractivity contribution in [1.82, 2.24) is 39.0 Å². The number of imidazole rings is 2. The molecule has 6 heterocycles. The molecule has 22 heteroatoms. The standard InChI is InChI=1S/C16H11ClF3N5O2S.C16H11ClF3N5S/c1-3-28(26,27)10-4-5-12(17)24-13(10)15-23-8-6-11(16(18,19)20)22-9(7-21)14(8)25(15)2;1-3-26-10-4-5-12(17)24-13(10)15-23-8-6-11(16(18,19)20)22-9(7-21)14(8)25(15)2/h4-6H,3H2,1-2H3;4-6H,3H2,1-2H3. The van der Waals surface area contributed by atoms with Gasteiger partial charge >= 0.3 is 12.4 Å². The largest absolute Gasteiger partial charge is 0.433 e. The van der Waals surface area contributed by atoms with E-state index in [-0.39, 0.29) is 60.2 Å². The number of nitriles is 2. The van der Waals surface area contributed by atoms with Gasteiger partial charge in [0.25, 0.3) is 0 Å². The van der Waals surface area contributed by atoms with Crippen LogP contribution in [0, 0.1) is 22.7 Å². The monoisotopic (exact) mass is 826 g/mol. The normalized spacial score (nSPS) is 12.0. The van der Waals surface area contributed by atoms with Crippen LogP contribution in [0.25, 0.3) is 45.1 Å². The number of halogens is 8. The number of rotatable bonds is 6. The molecule has 0 aromatic carbocycles. The van der Waals surface area contributed by atoms with Crippen LogP contribution in [-0.2, 0) is 36.3 Å². The highest BCUT2D eigenvalue weighted by molar-refractivity contribution is 7.99. The van der Waals surface area contributed by atoms with Gasteiger partial charge in [0.2, 0.25) is 0 Å². The van der Waals surface area contributed by atoms with Crippen molar-refractivity contribution in [1.29, 1.82) is 10.5 Å². The summed E-state index contributed by atoms with van der Waals surface area (Å²) < 4.78 is 106. The van der Waals surface area contributed by atoms with Crippen molar-refractivity contribution in [3.63, 3.8) is 0 Å². The van der Waals surface area contributed by atoms with Crippen LogP contribution in [0.1, 0.15) is 36.6 Å². The zero-order valence-electron chi connectivity index (χ0n) is 28.0. The van der Waals surface area contributed by atoms with Gasteiger partial charge in [0.05, 0.1) is 21.7 Å². The molecule has 0 aliphatic rings. The summed E-state index contributed by atoms with van der Waals surface area (Å²) in [4.78, 5) is 24.1. The number of fused-ring (bicyclic) bond motifs is 2. The average molecular weight is 828 g/mol. The van der Waals surface area contributed by atoms with Crippen LogP contribution in [0.2, 0.25) is 10.3 Å². The first-order valence-corrected chi connectivity index (χ1v) is 18.5. The quantitative estimate of drug-likeness (QED) is 0.0905. The van der Waals surface area contributed by atoms with Gasteiger partial charge in [-0.1, -0.05) is 37.0 Å². The van der Waals surface area contributed by atoms with Crippen molar-refractivity contribution >= 4 is 66.9 Å². The Morgan fingerprint density at radius 3 is 1.59 bits per heavy atom. The molecule has 0 saturated carbocycles. The minimum absolute atomic E-state index is 0.0205. The van der Waals surface area contributed by atoms with E-state index in [1.54, 1.807) is 31.3 Å². The van der Waals surface area contributed by atoms with E-state index < -0.39 is 39.3 Å². The highest BCUT2D eigenvalue weighted by atomic mass is 35.5. The molecule has 12 nitrogen and oxygen atoms in total. The van der Waals surface area contributed by atoms with Gasteiger partial charge in [-0.05, 0) is 42.2 Å². The lowest BCUT2D eigenvalue weighted by Crippen LogP contribution is -2.10. The lowest BCUT2D eigenvalue weighted by atomic mass is 10.2. The Kier molecular flexibility index (Phi) is 11.2. The maximum Gasteiger partial charge on any atom is 0.433 e. The fourth-order valence-corrected chi connectivity index (χ4v) is 7.25. The predicted octanol–water partition coefficient (Wildman–Crippen LogP) is 8.05. The summed E-state index contributed by atoms with van der Waals surface area (Å²) in [5.74, 6) is 0.804. The van der Waals surface area contributed by atoms with Gasteiger partial charge < -0.3 is 9.13 Å². The molecule has 0 aliphatic carbocycles. The van der Waals surface area contributed by atoms with Gasteiger partial charge in [0.15, 0.2) is 32.9 Å². The minimum atomic E-state index is -4.78. The molecule has 6 aromatic rings. The Morgan fingerprint density at radius 1 is 0.722 bits per heavy atom. The van der Waals surface area contributed by atoms with Crippen molar-refractivity contribution in [2.24, 2.45) is 14.1 Å². The second kappa shape index (κ2) is 15.0. The SMILES string of the molecule is CCS(=O)(=O)c1ccc(Cl)nc1-c1nc2cc(C(F)(F)F)nc(C#N)c2n1C.CCSc1ccc(Cl)nc1-c1nc2cc(C(F)(F)F)nc(C#N)c2n1C. The molecule has 0 atom stereocenters. The molecule has 280 valence electrons. The molecule has 0 fully saturated rings. The molecule has 0 bridgehead atoms. The lowest BCUT2D eigenvalue weighted by molar-refractivity contribution is -0.141. The first-order valence-electron chi connectivity index (χ1n) is 15.1. The van der Waals surface area contributed by atoms with Crippen LogP contribution in [-0.4, -0.2) is 59.0 Å². The number of alkyl halides is 6. The molecule has 0 aliphatic heterocycles. The van der Waals surface area contributed by atoms with Crippen molar-refractivity contribution in [3.8, 4) is 35.2 Å². The molecular formula is C32H22Cl2F6N10O2S2. The molecule has 6 aromatic heterocycles. The van der Waals surface area contributed by atoms with Crippen LogP contribution in [0.15, 0.2) is 46.2 Å². The fourth-order valence-electron chi connectivity index (χ4n) is 5.19. The molecular weight excluding hydrogens is 805 g/mol. The second-order valence-electron chi connectivity index (χ2n) is 11.0. The van der Waals surface area contributed by atoms with E-state index >= 15 is 0 Å². The third-order valence-corrected chi connectivity index (χ3v) is 10.7. The van der Waals surface area contributed by atoms with Gasteiger partial charge in [0.1, 0.15) is 56.3 Å². The zero-order chi connectivity index (χ0) is 39.9. The van der Waals surface area contributed by atoms with Crippen LogP contribution >= 0.6 is 35.0 Å². The Bertz CT molecular complexity index is 2650. The highest BCUT2D eigenvalue weighted by Crippen LogP contribution is 2.36. The van der Waals surface area contributed by atoms with E-state index in [2.05, 4.69) is 29.9 Å². The van der Waals surface area contributed by atoms with E-state index in [1.807, 2.05) is 6.92 Å². The van der Waals surface area contributed by atoms with E-state index in [4.69, 9.17) is 23.2 Å². The predicted molar refractivity (Wildman–Crippen MR) is 187 cm³/mol. The molecule has 0 radical (unpaired) electrons. The number of pyridine rings is 4. The Hall–Kier alpha value is -5.02. The zero-order valence-corrected chi connectivity index (χ0v) is 31.2. The third kappa shape index (κ3) is 7.78. The molecule has 6 rings (SSSR count). The van der Waals surface area contributed by atoms with Gasteiger partial charge in [-0.15, -0.1) is 11.8 Å². The Morgan fingerprint density at radius 2 is 1.17 bits per heavy atom. The Balaban J connectivity index is 0.000000208. The molecule has 54 heavy (non-hydrogen) atoms. The van der Waals surface area contributed by atoms with Gasteiger partial charge in [-0.25, -0.2) is 38.3 Å². The van der Waals surface area contributed by atoms with Crippen molar-refractivity contribution in [3.05, 3.63) is 69.5 Å². The Labute approximate surface area is 316 Å². The van der Waals surface area contributed by atoms with Crippen LogP contribution in [0.4, 0.5) is 26.3 Å². The van der Waals surface area contributed by atoms with Crippen molar-refractivity contribution < 1.29 is 34.8 Å². The van der Waals surface area contributed by atoms with E-state index in [0.717, 1.165) is 16.7 Å². The number of aryl methyl sites for hydroxylation is 2. The maximum atomic E-state index is 13.1. The smallest absolute Gasteiger partial charge is 0.323 e. The fraction of sp³-hybridized carbons (Fsp3) is 0.250. The average Bonchev–Trinajstić information content (AvgIpc) is 3.63. The summed E-state index contributed by atoms with van der Waals surface area (Å²) in [6.45, 7) is 3.40. The first kappa shape index (κ1) is 40.2. The van der Waals surface area contributed by atoms with Crippen molar-refractivity contribution in [2.45, 2.75) is 36.0 Å². The third-order valence-electron chi connectivity index (χ3n) is 7.58. The van der Waals surface area contributed by atoms with Gasteiger partial charge in [0, 0.05) is 19.0 Å². The number of nitrogens with zero attached hydrogens (tertiary/aromatic N) is 10. The molecule has 0 amide bonds. The highest BCUT2D eigenvalue weighted by Gasteiger charge is 2.36. The van der Waals surface area contributed by atoms with Gasteiger partial charge in [-0.2, -0.15) is 36.9 Å². The number of hydrogen-bond donors (Lipinski definition) is 0. The topological polar surface area (TPSA) is 169 Å². The summed E-state index contributed by atoms with van der Waals surface area (Å²) >= 11 is 13.4. The maximum absolute atomic E-state index is 13.1. The second-order valence-corrected chi connectivity index (χ2v) is 15.3. The van der Waals surface area contributed by atoms with Crippen LogP contribution in [0.5, 0.6) is 0 Å². The molecule has 0 spiro atoms. The van der Waals surface area contributed by atoms with Gasteiger partial charge in [-0.3, -0.25) is 0 Å². The van der Waals surface area contributed by atoms with Crippen molar-refractivity contribution in [2.75, 3.05) is 11.5 Å². The molecule has 0 N–H and O–H groups in total. The van der Waals surface area contributed by atoms with E-state index in [1.165, 1.54) is 47.0 Å². The van der Waals surface area contributed by atoms with E-state index in [9.17, 15) is 45.3 Å².